The van der Waals surface area contributed by atoms with Crippen molar-refractivity contribution >= 4 is 17.0 Å². The zero-order valence-corrected chi connectivity index (χ0v) is 23.0. The predicted octanol–water partition coefficient (Wildman–Crippen LogP) is 5.73. The Bertz CT molecular complexity index is 1640. The molecule has 3 aromatic carbocycles. The lowest BCUT2D eigenvalue weighted by molar-refractivity contribution is 0.388. The van der Waals surface area contributed by atoms with Crippen LogP contribution in [-0.2, 0) is 19.4 Å². The van der Waals surface area contributed by atoms with Crippen LogP contribution >= 0.6 is 17.0 Å². The van der Waals surface area contributed by atoms with Crippen LogP contribution in [0.3, 0.4) is 0 Å². The molecule has 1 N–H and O–H groups in total. The molecule has 0 saturated carbocycles. The van der Waals surface area contributed by atoms with E-state index in [0.29, 0.717) is 18.8 Å². The second-order valence-corrected chi connectivity index (χ2v) is 9.08. The average Bonchev–Trinajstić information content (AvgIpc) is 3.36. The van der Waals surface area contributed by atoms with E-state index in [1.54, 1.807) is 0 Å². The summed E-state index contributed by atoms with van der Waals surface area (Å²) in [6, 6.07) is 25.8. The number of H-pyrrole nitrogens is 1. The summed E-state index contributed by atoms with van der Waals surface area (Å²) < 4.78 is 6.51. The summed E-state index contributed by atoms with van der Waals surface area (Å²) in [5.41, 5.74) is 6.31. The SMILES string of the molecule is Br.CCCc1nc(C)c(Cc2ccccc2)c(=O)n1Cc1ccc(-c2ccccc2-c2noc(=O)[nH]2)cc1. The van der Waals surface area contributed by atoms with E-state index in [1.807, 2.05) is 90.4 Å². The first kappa shape index (κ1) is 27.0. The Labute approximate surface area is 231 Å². The summed E-state index contributed by atoms with van der Waals surface area (Å²) in [6.07, 6.45) is 2.21. The van der Waals surface area contributed by atoms with Crippen LogP contribution in [-0.4, -0.2) is 19.7 Å². The van der Waals surface area contributed by atoms with Crippen molar-refractivity contribution < 1.29 is 4.52 Å². The van der Waals surface area contributed by atoms with Gasteiger partial charge in [-0.1, -0.05) is 90.9 Å². The van der Waals surface area contributed by atoms with E-state index in [4.69, 9.17) is 9.51 Å². The van der Waals surface area contributed by atoms with E-state index >= 15 is 0 Å². The Kier molecular flexibility index (Phi) is 8.53. The highest BCUT2D eigenvalue weighted by atomic mass is 79.9. The molecule has 0 aliphatic rings. The van der Waals surface area contributed by atoms with Crippen molar-refractivity contribution in [3.63, 3.8) is 0 Å². The molecule has 0 aliphatic carbocycles. The monoisotopic (exact) mass is 572 g/mol. The van der Waals surface area contributed by atoms with Gasteiger partial charge in [0.05, 0.1) is 6.54 Å². The van der Waals surface area contributed by atoms with Crippen molar-refractivity contribution in [2.75, 3.05) is 0 Å². The molecule has 0 saturated heterocycles. The molecule has 0 unspecified atom stereocenters. The molecule has 0 bridgehead atoms. The van der Waals surface area contributed by atoms with Crippen LogP contribution in [0, 0.1) is 6.92 Å². The molecule has 2 aromatic heterocycles. The van der Waals surface area contributed by atoms with E-state index < -0.39 is 5.76 Å². The maximum atomic E-state index is 13.7. The molecule has 38 heavy (non-hydrogen) atoms. The molecule has 0 aliphatic heterocycles. The van der Waals surface area contributed by atoms with Crippen LogP contribution in [0.15, 0.2) is 93.0 Å². The van der Waals surface area contributed by atoms with Gasteiger partial charge >= 0.3 is 5.76 Å². The summed E-state index contributed by atoms with van der Waals surface area (Å²) >= 11 is 0. The van der Waals surface area contributed by atoms with Gasteiger partial charge in [0.25, 0.3) is 5.56 Å². The summed E-state index contributed by atoms with van der Waals surface area (Å²) in [5.74, 6) is 0.607. The van der Waals surface area contributed by atoms with Gasteiger partial charge in [-0.2, -0.15) is 0 Å². The number of aromatic nitrogens is 4. The molecule has 0 fully saturated rings. The summed E-state index contributed by atoms with van der Waals surface area (Å²) in [6.45, 7) is 4.47. The van der Waals surface area contributed by atoms with Crippen molar-refractivity contribution in [1.82, 2.24) is 19.7 Å². The number of nitrogens with one attached hydrogen (secondary N) is 1. The highest BCUT2D eigenvalue weighted by molar-refractivity contribution is 8.93. The molecule has 2 heterocycles. The number of hydrogen-bond acceptors (Lipinski definition) is 5. The maximum Gasteiger partial charge on any atom is 0.439 e. The lowest BCUT2D eigenvalue weighted by atomic mass is 9.98. The van der Waals surface area contributed by atoms with Crippen LogP contribution in [0.2, 0.25) is 0 Å². The summed E-state index contributed by atoms with van der Waals surface area (Å²) in [5, 5.41) is 3.84. The zero-order valence-electron chi connectivity index (χ0n) is 21.3. The number of aryl methyl sites for hydroxylation is 2. The normalized spacial score (nSPS) is 10.8. The number of halogens is 1. The van der Waals surface area contributed by atoms with Gasteiger partial charge in [0.1, 0.15) is 5.82 Å². The molecule has 0 radical (unpaired) electrons. The molecule has 5 aromatic rings. The van der Waals surface area contributed by atoms with Crippen molar-refractivity contribution in [2.45, 2.75) is 39.7 Å². The first-order valence-corrected chi connectivity index (χ1v) is 12.4. The third-order valence-corrected chi connectivity index (χ3v) is 6.47. The Morgan fingerprint density at radius 3 is 2.21 bits per heavy atom. The number of benzene rings is 3. The van der Waals surface area contributed by atoms with E-state index in [0.717, 1.165) is 57.7 Å². The fourth-order valence-corrected chi connectivity index (χ4v) is 4.60. The van der Waals surface area contributed by atoms with Gasteiger partial charge in [-0.15, -0.1) is 17.0 Å². The molecular formula is C30H29BrN4O3. The van der Waals surface area contributed by atoms with Gasteiger partial charge in [0.15, 0.2) is 5.82 Å². The van der Waals surface area contributed by atoms with Gasteiger partial charge < -0.3 is 0 Å². The van der Waals surface area contributed by atoms with Crippen LogP contribution in [0.25, 0.3) is 22.5 Å². The fourth-order valence-electron chi connectivity index (χ4n) is 4.60. The lowest BCUT2D eigenvalue weighted by Crippen LogP contribution is -2.30. The Balaban J connectivity index is 0.00000336. The Hall–Kier alpha value is -4.04. The van der Waals surface area contributed by atoms with E-state index in [1.165, 1.54) is 0 Å². The predicted molar refractivity (Wildman–Crippen MR) is 154 cm³/mol. The number of aromatic amines is 1. The molecule has 0 amide bonds. The Morgan fingerprint density at radius 1 is 0.868 bits per heavy atom. The lowest BCUT2D eigenvalue weighted by Gasteiger charge is -2.16. The van der Waals surface area contributed by atoms with Crippen LogP contribution in [0.5, 0.6) is 0 Å². The van der Waals surface area contributed by atoms with Crippen molar-refractivity contribution in [1.29, 1.82) is 0 Å². The summed E-state index contributed by atoms with van der Waals surface area (Å²) in [7, 11) is 0. The number of hydrogen-bond donors (Lipinski definition) is 1. The highest BCUT2D eigenvalue weighted by Gasteiger charge is 2.16. The number of rotatable bonds is 8. The minimum atomic E-state index is -0.591. The molecule has 5 rings (SSSR count). The Morgan fingerprint density at radius 2 is 1.55 bits per heavy atom. The quantitative estimate of drug-likeness (QED) is 0.256. The van der Waals surface area contributed by atoms with Gasteiger partial charge in [0, 0.05) is 29.7 Å². The smallest absolute Gasteiger partial charge is 0.296 e. The zero-order chi connectivity index (χ0) is 25.8. The molecule has 7 nitrogen and oxygen atoms in total. The third-order valence-electron chi connectivity index (χ3n) is 6.47. The first-order chi connectivity index (χ1) is 18.0. The summed E-state index contributed by atoms with van der Waals surface area (Å²) in [4.78, 5) is 32.6. The topological polar surface area (TPSA) is 93.8 Å². The number of nitrogens with zero attached hydrogens (tertiary/aromatic N) is 3. The largest absolute Gasteiger partial charge is 0.439 e. The fraction of sp³-hybridized carbons (Fsp3) is 0.200. The standard InChI is InChI=1S/C30H28N4O3.BrH/c1-3-9-27-31-20(2)26(18-21-10-5-4-6-11-21)29(35)34(27)19-22-14-16-23(17-15-22)24-12-7-8-13-25(24)28-32-30(36)37-33-28;/h4-8,10-17H,3,9,18-19H2,1-2H3,(H,32,33,36);1H. The molecule has 8 heteroatoms. The second kappa shape index (κ2) is 12.0. The van der Waals surface area contributed by atoms with Crippen molar-refractivity contribution in [2.24, 2.45) is 0 Å². The van der Waals surface area contributed by atoms with E-state index in [-0.39, 0.29) is 22.5 Å². The van der Waals surface area contributed by atoms with Gasteiger partial charge in [-0.05, 0) is 35.6 Å². The van der Waals surface area contributed by atoms with Crippen molar-refractivity contribution in [3.05, 3.63) is 128 Å². The second-order valence-electron chi connectivity index (χ2n) is 9.08. The first-order valence-electron chi connectivity index (χ1n) is 12.4. The van der Waals surface area contributed by atoms with Crippen LogP contribution < -0.4 is 11.3 Å². The van der Waals surface area contributed by atoms with Gasteiger partial charge in [-0.3, -0.25) is 18.9 Å². The van der Waals surface area contributed by atoms with Gasteiger partial charge in [0.2, 0.25) is 0 Å². The third kappa shape index (κ3) is 5.75. The minimum absolute atomic E-state index is 0. The molecule has 0 spiro atoms. The van der Waals surface area contributed by atoms with Crippen LogP contribution in [0.1, 0.15) is 41.6 Å². The van der Waals surface area contributed by atoms with Crippen molar-refractivity contribution in [3.8, 4) is 22.5 Å². The van der Waals surface area contributed by atoms with Gasteiger partial charge in [-0.25, -0.2) is 9.78 Å². The van der Waals surface area contributed by atoms with Crippen LogP contribution in [0.4, 0.5) is 0 Å². The maximum absolute atomic E-state index is 13.7. The minimum Gasteiger partial charge on any atom is -0.296 e. The van der Waals surface area contributed by atoms with E-state index in [2.05, 4.69) is 17.1 Å². The molecule has 194 valence electrons. The highest BCUT2D eigenvalue weighted by Crippen LogP contribution is 2.30. The average molecular weight is 573 g/mol. The molecular weight excluding hydrogens is 544 g/mol. The van der Waals surface area contributed by atoms with E-state index in [9.17, 15) is 9.59 Å². The molecule has 0 atom stereocenters.